The third-order valence-electron chi connectivity index (χ3n) is 11.1. The highest BCUT2D eigenvalue weighted by atomic mass is 16.5. The van der Waals surface area contributed by atoms with Crippen LogP contribution in [-0.4, -0.2) is 41.6 Å². The van der Waals surface area contributed by atoms with Gasteiger partial charge in [-0.25, -0.2) is 4.79 Å². The normalized spacial score (nSPS) is 12.6. The van der Waals surface area contributed by atoms with Crippen LogP contribution in [-0.2, 0) is 19.1 Å². The van der Waals surface area contributed by atoms with E-state index in [1.807, 2.05) is 0 Å². The molecule has 324 valence electrons. The standard InChI is InChI=1S/C48H92N2O5/c1-3-5-7-9-11-13-15-17-18-19-20-21-23-25-27-32-36-42-47(52)55-44(38-33-29-26-24-22-16-14-12-10-8-6-4-2)39-34-30-28-31-35-41-46(51)50-45(48(53)54)40-37-43-49/h17-18,44-45H,3-16,19-43,49H2,1-2H3,(H,50,51)(H,53,54)/b18-17-. The van der Waals surface area contributed by atoms with E-state index >= 15 is 0 Å². The Balaban J connectivity index is 4.26. The number of carboxylic acid groups (broad SMARTS) is 1. The van der Waals surface area contributed by atoms with Crippen molar-refractivity contribution < 1.29 is 24.2 Å². The molecular weight excluding hydrogens is 685 g/mol. The summed E-state index contributed by atoms with van der Waals surface area (Å²) in [6.45, 7) is 4.96. The highest BCUT2D eigenvalue weighted by Gasteiger charge is 2.19. The number of hydrogen-bond donors (Lipinski definition) is 3. The summed E-state index contributed by atoms with van der Waals surface area (Å²) >= 11 is 0. The largest absolute Gasteiger partial charge is 0.480 e. The number of esters is 1. The minimum absolute atomic E-state index is 0.0164. The Labute approximate surface area is 340 Å². The first-order valence-corrected chi connectivity index (χ1v) is 24.0. The van der Waals surface area contributed by atoms with Gasteiger partial charge in [0, 0.05) is 12.8 Å². The Morgan fingerprint density at radius 2 is 0.891 bits per heavy atom. The predicted molar refractivity (Wildman–Crippen MR) is 234 cm³/mol. The lowest BCUT2D eigenvalue weighted by Gasteiger charge is -2.18. The minimum Gasteiger partial charge on any atom is -0.480 e. The number of aliphatic carboxylic acids is 1. The van der Waals surface area contributed by atoms with Crippen LogP contribution >= 0.6 is 0 Å². The van der Waals surface area contributed by atoms with Crippen LogP contribution in [0.3, 0.4) is 0 Å². The molecule has 1 amide bonds. The number of unbranched alkanes of at least 4 members (excludes halogenated alkanes) is 28. The van der Waals surface area contributed by atoms with E-state index in [9.17, 15) is 19.5 Å². The summed E-state index contributed by atoms with van der Waals surface area (Å²) in [4.78, 5) is 36.5. The molecule has 0 aliphatic rings. The maximum Gasteiger partial charge on any atom is 0.326 e. The van der Waals surface area contributed by atoms with E-state index in [1.54, 1.807) is 0 Å². The van der Waals surface area contributed by atoms with Gasteiger partial charge < -0.3 is 20.9 Å². The van der Waals surface area contributed by atoms with E-state index in [0.717, 1.165) is 64.2 Å². The maximum absolute atomic E-state index is 12.8. The molecule has 55 heavy (non-hydrogen) atoms. The van der Waals surface area contributed by atoms with Gasteiger partial charge in [-0.1, -0.05) is 180 Å². The fourth-order valence-electron chi connectivity index (χ4n) is 7.45. The Hall–Kier alpha value is -1.89. The number of allylic oxidation sites excluding steroid dienone is 2. The summed E-state index contributed by atoms with van der Waals surface area (Å²) in [5, 5.41) is 12.0. The summed E-state index contributed by atoms with van der Waals surface area (Å²) < 4.78 is 6.07. The molecule has 0 aliphatic heterocycles. The van der Waals surface area contributed by atoms with Crippen molar-refractivity contribution in [3.63, 3.8) is 0 Å². The van der Waals surface area contributed by atoms with Crippen LogP contribution in [0.15, 0.2) is 12.2 Å². The average Bonchev–Trinajstić information content (AvgIpc) is 3.17. The first kappa shape index (κ1) is 53.1. The molecule has 0 aromatic carbocycles. The molecule has 4 N–H and O–H groups in total. The summed E-state index contributed by atoms with van der Waals surface area (Å²) in [6, 6.07) is -0.854. The highest BCUT2D eigenvalue weighted by molar-refractivity contribution is 5.83. The number of nitrogens with two attached hydrogens (primary N) is 1. The Bertz CT molecular complexity index is 878. The maximum atomic E-state index is 12.8. The van der Waals surface area contributed by atoms with Crippen molar-refractivity contribution in [1.29, 1.82) is 0 Å². The molecule has 2 unspecified atom stereocenters. The van der Waals surface area contributed by atoms with E-state index in [2.05, 4.69) is 31.3 Å². The van der Waals surface area contributed by atoms with Crippen molar-refractivity contribution in [3.05, 3.63) is 12.2 Å². The topological polar surface area (TPSA) is 119 Å². The van der Waals surface area contributed by atoms with Crippen molar-refractivity contribution in [2.75, 3.05) is 6.54 Å². The lowest BCUT2D eigenvalue weighted by atomic mass is 10.0. The number of nitrogens with one attached hydrogen (secondary N) is 1. The number of carbonyl (C=O) groups excluding carboxylic acids is 2. The van der Waals surface area contributed by atoms with Gasteiger partial charge >= 0.3 is 11.9 Å². The van der Waals surface area contributed by atoms with Crippen molar-refractivity contribution in [2.45, 2.75) is 270 Å². The van der Waals surface area contributed by atoms with Gasteiger partial charge in [-0.2, -0.15) is 0 Å². The third kappa shape index (κ3) is 40.1. The Kier molecular flexibility index (Phi) is 41.8. The van der Waals surface area contributed by atoms with E-state index in [4.69, 9.17) is 10.5 Å². The molecule has 0 aromatic rings. The van der Waals surface area contributed by atoms with E-state index < -0.39 is 12.0 Å². The molecule has 0 rings (SSSR count). The SMILES string of the molecule is CCCCCCCC/C=C\CCCCCCCCCC(=O)OC(CCCCCCCCCCCCCC)CCCCCCCC(=O)NC(CCCN)C(=O)O. The lowest BCUT2D eigenvalue weighted by Crippen LogP contribution is -2.40. The van der Waals surface area contributed by atoms with Crippen LogP contribution in [0.25, 0.3) is 0 Å². The van der Waals surface area contributed by atoms with E-state index in [-0.39, 0.29) is 18.0 Å². The third-order valence-corrected chi connectivity index (χ3v) is 11.1. The minimum atomic E-state index is -1.00. The summed E-state index contributed by atoms with van der Waals surface area (Å²) in [5.74, 6) is -1.22. The molecule has 0 aliphatic carbocycles. The van der Waals surface area contributed by atoms with Crippen LogP contribution in [0.5, 0.6) is 0 Å². The van der Waals surface area contributed by atoms with Crippen molar-refractivity contribution in [2.24, 2.45) is 5.73 Å². The summed E-state index contributed by atoms with van der Waals surface area (Å²) in [5.41, 5.74) is 5.49. The van der Waals surface area contributed by atoms with Crippen molar-refractivity contribution >= 4 is 17.8 Å². The lowest BCUT2D eigenvalue weighted by molar-refractivity contribution is -0.150. The molecule has 7 nitrogen and oxygen atoms in total. The number of carbonyl (C=O) groups is 3. The summed E-state index contributed by atoms with van der Waals surface area (Å²) in [6.07, 6.45) is 48.3. The number of carboxylic acids is 1. The van der Waals surface area contributed by atoms with Crippen LogP contribution in [0, 0.1) is 0 Å². The zero-order chi connectivity index (χ0) is 40.3. The molecule has 0 bridgehead atoms. The molecule has 0 saturated heterocycles. The molecule has 7 heteroatoms. The van der Waals surface area contributed by atoms with Gasteiger partial charge in [0.05, 0.1) is 0 Å². The fourth-order valence-corrected chi connectivity index (χ4v) is 7.45. The average molecular weight is 777 g/mol. The van der Waals surface area contributed by atoms with Gasteiger partial charge in [-0.15, -0.1) is 0 Å². The molecule has 0 aromatic heterocycles. The van der Waals surface area contributed by atoms with Crippen LogP contribution in [0.1, 0.15) is 258 Å². The second kappa shape index (κ2) is 43.2. The molecule has 0 saturated carbocycles. The predicted octanol–water partition coefficient (Wildman–Crippen LogP) is 13.8. The quantitative estimate of drug-likeness (QED) is 0.0322. The smallest absolute Gasteiger partial charge is 0.326 e. The Morgan fingerprint density at radius 3 is 1.31 bits per heavy atom. The van der Waals surface area contributed by atoms with Gasteiger partial charge in [0.15, 0.2) is 0 Å². The fraction of sp³-hybridized carbons (Fsp3) is 0.896. The molecule has 0 radical (unpaired) electrons. The second-order valence-corrected chi connectivity index (χ2v) is 16.5. The van der Waals surface area contributed by atoms with Gasteiger partial charge in [-0.3, -0.25) is 9.59 Å². The molecule has 0 spiro atoms. The number of amides is 1. The van der Waals surface area contributed by atoms with Crippen LogP contribution in [0.4, 0.5) is 0 Å². The first-order valence-electron chi connectivity index (χ1n) is 24.0. The number of rotatable bonds is 44. The second-order valence-electron chi connectivity index (χ2n) is 16.5. The monoisotopic (exact) mass is 777 g/mol. The van der Waals surface area contributed by atoms with E-state index in [0.29, 0.717) is 32.2 Å². The molecule has 2 atom stereocenters. The van der Waals surface area contributed by atoms with Crippen molar-refractivity contribution in [3.8, 4) is 0 Å². The zero-order valence-electron chi connectivity index (χ0n) is 36.5. The first-order chi connectivity index (χ1) is 26.9. The Morgan fingerprint density at radius 1 is 0.509 bits per heavy atom. The van der Waals surface area contributed by atoms with Gasteiger partial charge in [0.2, 0.25) is 5.91 Å². The zero-order valence-corrected chi connectivity index (χ0v) is 36.5. The van der Waals surface area contributed by atoms with Crippen molar-refractivity contribution in [1.82, 2.24) is 5.32 Å². The molecular formula is C48H92N2O5. The van der Waals surface area contributed by atoms with Gasteiger partial charge in [0.1, 0.15) is 12.1 Å². The molecule has 0 fully saturated rings. The highest BCUT2D eigenvalue weighted by Crippen LogP contribution is 2.19. The summed E-state index contributed by atoms with van der Waals surface area (Å²) in [7, 11) is 0. The number of hydrogen-bond acceptors (Lipinski definition) is 5. The van der Waals surface area contributed by atoms with Crippen LogP contribution < -0.4 is 11.1 Å². The van der Waals surface area contributed by atoms with Crippen LogP contribution in [0.2, 0.25) is 0 Å². The number of ether oxygens (including phenoxy) is 1. The van der Waals surface area contributed by atoms with E-state index in [1.165, 1.54) is 154 Å². The van der Waals surface area contributed by atoms with Gasteiger partial charge in [0.25, 0.3) is 0 Å². The van der Waals surface area contributed by atoms with Gasteiger partial charge in [-0.05, 0) is 83.6 Å². The molecule has 0 heterocycles.